The van der Waals surface area contributed by atoms with Crippen molar-refractivity contribution in [3.63, 3.8) is 0 Å². The number of hydrogen-bond acceptors (Lipinski definition) is 4. The van der Waals surface area contributed by atoms with Gasteiger partial charge in [-0.2, -0.15) is 0 Å². The van der Waals surface area contributed by atoms with E-state index < -0.39 is 0 Å². The Balaban J connectivity index is 2.37. The minimum Gasteiger partial charge on any atom is -0.493 e. The lowest BCUT2D eigenvalue weighted by Crippen LogP contribution is -2.27. The van der Waals surface area contributed by atoms with Gasteiger partial charge in [0.05, 0.1) is 13.2 Å². The predicted molar refractivity (Wildman–Crippen MR) is 95.2 cm³/mol. The molecule has 0 bridgehead atoms. The molecule has 0 aromatic heterocycles. The van der Waals surface area contributed by atoms with E-state index >= 15 is 0 Å². The molecule has 134 valence electrons. The summed E-state index contributed by atoms with van der Waals surface area (Å²) in [4.78, 5) is 12.2. The Hall–Kier alpha value is -1.55. The third-order valence-corrected chi connectivity index (χ3v) is 5.09. The topological polar surface area (TPSA) is 55.8 Å². The monoisotopic (exact) mass is 334 g/mol. The molecular weight excluding hydrogens is 304 g/mol. The van der Waals surface area contributed by atoms with E-state index in [-0.39, 0.29) is 23.9 Å². The van der Waals surface area contributed by atoms with Gasteiger partial charge in [-0.25, -0.2) is 0 Å². The molecule has 0 saturated heterocycles. The first-order valence-corrected chi connectivity index (χ1v) is 8.80. The average Bonchev–Trinajstić information content (AvgIpc) is 2.54. The molecule has 1 aromatic rings. The fourth-order valence-corrected chi connectivity index (χ4v) is 3.51. The first kappa shape index (κ1) is 18.8. The molecule has 4 nitrogen and oxygen atoms in total. The van der Waals surface area contributed by atoms with Gasteiger partial charge in [-0.3, -0.25) is 4.79 Å². The molecule has 1 N–H and O–H groups in total. The first-order chi connectivity index (χ1) is 11.3. The zero-order valence-corrected chi connectivity index (χ0v) is 15.5. The summed E-state index contributed by atoms with van der Waals surface area (Å²) in [5, 5.41) is 9.56. The highest BCUT2D eigenvalue weighted by Crippen LogP contribution is 2.45. The maximum Gasteiger partial charge on any atom is 0.162 e. The van der Waals surface area contributed by atoms with E-state index in [1.54, 1.807) is 14.0 Å². The van der Waals surface area contributed by atoms with Crippen LogP contribution in [-0.2, 0) is 0 Å². The summed E-state index contributed by atoms with van der Waals surface area (Å²) >= 11 is 0. The summed E-state index contributed by atoms with van der Waals surface area (Å²) in [6.45, 7) is 7.87. The van der Waals surface area contributed by atoms with Gasteiger partial charge in [0.1, 0.15) is 0 Å². The lowest BCUT2D eigenvalue weighted by Gasteiger charge is -2.36. The van der Waals surface area contributed by atoms with Crippen LogP contribution in [0.15, 0.2) is 12.1 Å². The fraction of sp³-hybridized carbons (Fsp3) is 0.650. The second-order valence-electron chi connectivity index (χ2n) is 7.56. The average molecular weight is 334 g/mol. The molecule has 0 radical (unpaired) electrons. The van der Waals surface area contributed by atoms with Crippen molar-refractivity contribution in [2.45, 2.75) is 65.4 Å². The van der Waals surface area contributed by atoms with Gasteiger partial charge in [-0.1, -0.05) is 6.92 Å². The number of ketones is 1. The largest absolute Gasteiger partial charge is 0.493 e. The maximum atomic E-state index is 12.2. The molecule has 4 heteroatoms. The summed E-state index contributed by atoms with van der Waals surface area (Å²) in [5.41, 5.74) is 1.79. The molecule has 1 aliphatic rings. The van der Waals surface area contributed by atoms with Gasteiger partial charge in [0.15, 0.2) is 17.3 Å². The summed E-state index contributed by atoms with van der Waals surface area (Å²) in [7, 11) is 1.63. The van der Waals surface area contributed by atoms with Crippen molar-refractivity contribution in [3.05, 3.63) is 23.3 Å². The predicted octanol–water partition coefficient (Wildman–Crippen LogP) is 4.34. The molecule has 1 aliphatic carbocycles. The lowest BCUT2D eigenvalue weighted by molar-refractivity contribution is 0.0925. The van der Waals surface area contributed by atoms with Crippen LogP contribution in [0.5, 0.6) is 11.5 Å². The van der Waals surface area contributed by atoms with Crippen LogP contribution in [0.2, 0.25) is 0 Å². The van der Waals surface area contributed by atoms with E-state index in [0.717, 1.165) is 36.8 Å². The van der Waals surface area contributed by atoms with Gasteiger partial charge in [0.25, 0.3) is 0 Å². The number of carbonyl (C=O) groups excluding carboxylic acids is 1. The van der Waals surface area contributed by atoms with Gasteiger partial charge in [-0.15, -0.1) is 0 Å². The molecule has 0 heterocycles. The third kappa shape index (κ3) is 4.10. The molecule has 1 fully saturated rings. The third-order valence-electron chi connectivity index (χ3n) is 5.09. The standard InChI is InChI=1S/C20H30O4/c1-13(2)24-19-10-16(14(3)22)17(11-18(19)23-5)15-6-8-20(4,12-21)9-7-15/h10-11,13,15,21H,6-9,12H2,1-5H3. The molecule has 0 aliphatic heterocycles. The van der Waals surface area contributed by atoms with Gasteiger partial charge in [-0.05, 0) is 75.5 Å². The SMILES string of the molecule is COc1cc(C2CCC(C)(CO)CC2)c(C(C)=O)cc1OC(C)C. The number of methoxy groups -OCH3 is 1. The van der Waals surface area contributed by atoms with Crippen molar-refractivity contribution in [1.29, 1.82) is 0 Å². The van der Waals surface area contributed by atoms with Crippen molar-refractivity contribution < 1.29 is 19.4 Å². The minimum absolute atomic E-state index is 0.0116. The number of ether oxygens (including phenoxy) is 2. The second-order valence-corrected chi connectivity index (χ2v) is 7.56. The normalized spacial score (nSPS) is 24.0. The van der Waals surface area contributed by atoms with Gasteiger partial charge in [0.2, 0.25) is 0 Å². The summed E-state index contributed by atoms with van der Waals surface area (Å²) in [5.74, 6) is 1.68. The second kappa shape index (κ2) is 7.56. The first-order valence-electron chi connectivity index (χ1n) is 8.80. The smallest absolute Gasteiger partial charge is 0.162 e. The number of rotatable bonds is 6. The Morgan fingerprint density at radius 3 is 2.38 bits per heavy atom. The molecule has 24 heavy (non-hydrogen) atoms. The summed E-state index contributed by atoms with van der Waals surface area (Å²) < 4.78 is 11.3. The van der Waals surface area contributed by atoms with Crippen LogP contribution in [0.4, 0.5) is 0 Å². The molecular formula is C20H30O4. The van der Waals surface area contributed by atoms with Gasteiger partial charge < -0.3 is 14.6 Å². The number of carbonyl (C=O) groups is 1. The maximum absolute atomic E-state index is 12.2. The van der Waals surface area contributed by atoms with Crippen molar-refractivity contribution >= 4 is 5.78 Å². The van der Waals surface area contributed by atoms with Crippen LogP contribution in [0.1, 0.15) is 75.2 Å². The lowest BCUT2D eigenvalue weighted by atomic mass is 9.70. The van der Waals surface area contributed by atoms with Crippen molar-refractivity contribution in [1.82, 2.24) is 0 Å². The van der Waals surface area contributed by atoms with Crippen LogP contribution >= 0.6 is 0 Å². The molecule has 2 rings (SSSR count). The van der Waals surface area contributed by atoms with Crippen molar-refractivity contribution in [2.75, 3.05) is 13.7 Å². The minimum atomic E-state index is 0.0116. The molecule has 0 unspecified atom stereocenters. The van der Waals surface area contributed by atoms with Crippen LogP contribution in [0.25, 0.3) is 0 Å². The molecule has 1 aromatic carbocycles. The van der Waals surface area contributed by atoms with Gasteiger partial charge in [0, 0.05) is 12.2 Å². The zero-order chi connectivity index (χ0) is 17.9. The van der Waals surface area contributed by atoms with Crippen LogP contribution in [0, 0.1) is 5.41 Å². The van der Waals surface area contributed by atoms with E-state index in [1.807, 2.05) is 26.0 Å². The van der Waals surface area contributed by atoms with E-state index in [9.17, 15) is 9.90 Å². The van der Waals surface area contributed by atoms with E-state index in [0.29, 0.717) is 17.4 Å². The molecule has 0 spiro atoms. The van der Waals surface area contributed by atoms with Gasteiger partial charge >= 0.3 is 0 Å². The van der Waals surface area contributed by atoms with Crippen LogP contribution < -0.4 is 9.47 Å². The Morgan fingerprint density at radius 1 is 1.29 bits per heavy atom. The Bertz CT molecular complexity index is 584. The highest BCUT2D eigenvalue weighted by molar-refractivity contribution is 5.96. The fourth-order valence-electron chi connectivity index (χ4n) is 3.51. The van der Waals surface area contributed by atoms with Crippen LogP contribution in [0.3, 0.4) is 0 Å². The molecule has 0 amide bonds. The number of benzene rings is 1. The molecule has 1 saturated carbocycles. The zero-order valence-electron chi connectivity index (χ0n) is 15.5. The van der Waals surface area contributed by atoms with Crippen molar-refractivity contribution in [2.24, 2.45) is 5.41 Å². The number of aliphatic hydroxyl groups is 1. The van der Waals surface area contributed by atoms with Crippen molar-refractivity contribution in [3.8, 4) is 11.5 Å². The number of hydrogen-bond donors (Lipinski definition) is 1. The highest BCUT2D eigenvalue weighted by atomic mass is 16.5. The Kier molecular flexibility index (Phi) is 5.92. The highest BCUT2D eigenvalue weighted by Gasteiger charge is 2.32. The van der Waals surface area contributed by atoms with E-state index in [1.165, 1.54) is 0 Å². The van der Waals surface area contributed by atoms with E-state index in [4.69, 9.17) is 9.47 Å². The summed E-state index contributed by atoms with van der Waals surface area (Å²) in [6.07, 6.45) is 3.91. The Morgan fingerprint density at radius 2 is 1.92 bits per heavy atom. The Labute approximate surface area is 145 Å². The van der Waals surface area contributed by atoms with Crippen LogP contribution in [-0.4, -0.2) is 30.7 Å². The number of aliphatic hydroxyl groups excluding tert-OH is 1. The van der Waals surface area contributed by atoms with E-state index in [2.05, 4.69) is 6.92 Å². The summed E-state index contributed by atoms with van der Waals surface area (Å²) in [6, 6.07) is 3.80. The quantitative estimate of drug-likeness (QED) is 0.786. The number of Topliss-reactive ketones (excluding diaryl/α,β-unsaturated/α-hetero) is 1. The molecule has 0 atom stereocenters.